The third-order valence-electron chi connectivity index (χ3n) is 5.36. The molecule has 1 aliphatic rings. The third-order valence-corrected chi connectivity index (χ3v) is 6.02. The molecule has 0 aromatic rings. The molecule has 7 heteroatoms. The van der Waals surface area contributed by atoms with Crippen molar-refractivity contribution in [3.8, 4) is 0 Å². The van der Waals surface area contributed by atoms with E-state index in [1.54, 1.807) is 13.1 Å². The van der Waals surface area contributed by atoms with Crippen LogP contribution in [0.3, 0.4) is 0 Å². The van der Waals surface area contributed by atoms with Crippen LogP contribution in [0.2, 0.25) is 0 Å². The van der Waals surface area contributed by atoms with Crippen LogP contribution in [0.5, 0.6) is 0 Å². The number of ether oxygens (including phenoxy) is 2. The number of hydrogen-bond acceptors (Lipinski definition) is 7. The minimum atomic E-state index is -1.45. The van der Waals surface area contributed by atoms with E-state index in [9.17, 15) is 14.7 Å². The van der Waals surface area contributed by atoms with Gasteiger partial charge in [-0.3, -0.25) is 4.79 Å². The molecule has 0 saturated carbocycles. The Bertz CT molecular complexity index is 513. The van der Waals surface area contributed by atoms with Gasteiger partial charge in [0.2, 0.25) is 0 Å². The molecule has 1 rings (SSSR count). The smallest absolute Gasteiger partial charge is 0.330 e. The summed E-state index contributed by atoms with van der Waals surface area (Å²) in [5.74, 6) is -1.43. The molecule has 3 atom stereocenters. The topological polar surface area (TPSA) is 84.9 Å². The van der Waals surface area contributed by atoms with Crippen LogP contribution in [0, 0.1) is 0 Å². The fourth-order valence-electron chi connectivity index (χ4n) is 3.60. The van der Waals surface area contributed by atoms with E-state index in [0.717, 1.165) is 35.8 Å². The normalized spacial score (nSPS) is 23.6. The zero-order chi connectivity index (χ0) is 21.5. The molecule has 6 nitrogen and oxygen atoms in total. The lowest BCUT2D eigenvalue weighted by Crippen LogP contribution is -2.57. The van der Waals surface area contributed by atoms with E-state index in [1.807, 2.05) is 6.92 Å². The van der Waals surface area contributed by atoms with Gasteiger partial charge in [0.05, 0.1) is 12.6 Å². The van der Waals surface area contributed by atoms with Gasteiger partial charge >= 0.3 is 5.97 Å². The number of nitrogens with one attached hydrogen (secondary N) is 1. The molecule has 1 aliphatic heterocycles. The second-order valence-corrected chi connectivity index (χ2v) is 8.74. The summed E-state index contributed by atoms with van der Waals surface area (Å²) < 4.78 is 11.1. The summed E-state index contributed by atoms with van der Waals surface area (Å²) in [6.07, 6.45) is 11.6. The molecule has 1 heterocycles. The van der Waals surface area contributed by atoms with Gasteiger partial charge in [0.15, 0.2) is 11.4 Å². The predicted molar refractivity (Wildman–Crippen MR) is 118 cm³/mol. The van der Waals surface area contributed by atoms with E-state index in [1.165, 1.54) is 38.5 Å². The maximum Gasteiger partial charge on any atom is 0.330 e. The fraction of sp³-hybridized carbons (Fsp3) is 0.818. The number of unbranched alkanes of at least 4 members (excludes halogenated alkanes) is 6. The van der Waals surface area contributed by atoms with Crippen molar-refractivity contribution in [3.05, 3.63) is 11.6 Å². The first kappa shape index (κ1) is 26.1. The van der Waals surface area contributed by atoms with E-state index >= 15 is 0 Å². The Balaban J connectivity index is 2.40. The Kier molecular flexibility index (Phi) is 13.5. The van der Waals surface area contributed by atoms with Gasteiger partial charge in [0, 0.05) is 24.7 Å². The van der Waals surface area contributed by atoms with Crippen molar-refractivity contribution in [2.45, 2.75) is 96.0 Å². The van der Waals surface area contributed by atoms with Crippen molar-refractivity contribution in [2.24, 2.45) is 0 Å². The Morgan fingerprint density at radius 2 is 2.00 bits per heavy atom. The van der Waals surface area contributed by atoms with Crippen molar-refractivity contribution >= 4 is 23.3 Å². The van der Waals surface area contributed by atoms with Crippen LogP contribution in [0.15, 0.2) is 11.6 Å². The Labute approximate surface area is 180 Å². The summed E-state index contributed by atoms with van der Waals surface area (Å²) in [7, 11) is 1.71. The van der Waals surface area contributed by atoms with Gasteiger partial charge < -0.3 is 19.9 Å². The molecule has 1 fully saturated rings. The zero-order valence-electron chi connectivity index (χ0n) is 18.3. The maximum atomic E-state index is 12.3. The minimum absolute atomic E-state index is 0.189. The second-order valence-electron chi connectivity index (χ2n) is 7.88. The number of carbonyl (C=O) groups excluding carboxylic acids is 2. The highest BCUT2D eigenvalue weighted by Crippen LogP contribution is 2.29. The summed E-state index contributed by atoms with van der Waals surface area (Å²) in [6, 6.07) is -0.422. The molecule has 0 aliphatic carbocycles. The molecular weight excluding hydrogens is 390 g/mol. The molecule has 0 bridgehead atoms. The number of esters is 1. The first-order chi connectivity index (χ1) is 13.9. The van der Waals surface area contributed by atoms with Gasteiger partial charge in [-0.15, -0.1) is 0 Å². The molecule has 1 saturated heterocycles. The van der Waals surface area contributed by atoms with Gasteiger partial charge in [-0.25, -0.2) is 4.79 Å². The molecule has 0 aromatic heterocycles. The lowest BCUT2D eigenvalue weighted by molar-refractivity contribution is -0.257. The van der Waals surface area contributed by atoms with Gasteiger partial charge in [0.1, 0.15) is 6.10 Å². The average molecular weight is 430 g/mol. The highest BCUT2D eigenvalue weighted by molar-refractivity contribution is 8.11. The molecule has 168 valence electrons. The van der Waals surface area contributed by atoms with Crippen LogP contribution in [-0.4, -0.2) is 54.0 Å². The fourth-order valence-corrected chi connectivity index (χ4v) is 4.30. The summed E-state index contributed by atoms with van der Waals surface area (Å²) >= 11 is 1.07. The first-order valence-corrected chi connectivity index (χ1v) is 12.0. The Morgan fingerprint density at radius 1 is 1.31 bits per heavy atom. The number of allylic oxidation sites excluding steroid dienone is 1. The summed E-state index contributed by atoms with van der Waals surface area (Å²) in [5, 5.41) is 13.8. The summed E-state index contributed by atoms with van der Waals surface area (Å²) in [6.45, 7) is 4.49. The minimum Gasteiger partial charge on any atom is -0.459 e. The predicted octanol–water partition coefficient (Wildman–Crippen LogP) is 4.00. The van der Waals surface area contributed by atoms with Gasteiger partial charge in [0.25, 0.3) is 0 Å². The molecule has 0 radical (unpaired) electrons. The largest absolute Gasteiger partial charge is 0.459 e. The number of aliphatic hydroxyl groups is 1. The monoisotopic (exact) mass is 429 g/mol. The van der Waals surface area contributed by atoms with E-state index in [4.69, 9.17) is 9.47 Å². The molecule has 0 spiro atoms. The standard InChI is InChI=1S/C22H39NO5S/c1-4-5-6-7-8-9-10-11-18(2)14-21(25)28-19-12-13-27-22(26,15-19)20(23-3)16-29-17-24/h14,17,19-20,23,26H,4-13,15-16H2,1-3H3/b18-14-. The summed E-state index contributed by atoms with van der Waals surface area (Å²) in [4.78, 5) is 22.9. The van der Waals surface area contributed by atoms with Crippen LogP contribution in [0.4, 0.5) is 0 Å². The number of hydrogen-bond donors (Lipinski definition) is 2. The van der Waals surface area contributed by atoms with E-state index in [0.29, 0.717) is 18.8 Å². The molecule has 0 aromatic carbocycles. The lowest BCUT2D eigenvalue weighted by Gasteiger charge is -2.41. The van der Waals surface area contributed by atoms with E-state index in [-0.39, 0.29) is 12.4 Å². The summed E-state index contributed by atoms with van der Waals surface area (Å²) in [5.41, 5.74) is 1.77. The highest BCUT2D eigenvalue weighted by Gasteiger charge is 2.43. The van der Waals surface area contributed by atoms with Crippen LogP contribution in [-0.2, 0) is 19.1 Å². The van der Waals surface area contributed by atoms with Gasteiger partial charge in [-0.2, -0.15) is 0 Å². The number of likely N-dealkylation sites (N-methyl/N-ethyl adjacent to an activating group) is 1. The van der Waals surface area contributed by atoms with E-state index < -0.39 is 17.9 Å². The Morgan fingerprint density at radius 3 is 2.66 bits per heavy atom. The van der Waals surface area contributed by atoms with Crippen molar-refractivity contribution in [1.82, 2.24) is 5.32 Å². The van der Waals surface area contributed by atoms with Crippen LogP contribution in [0.25, 0.3) is 0 Å². The molecule has 29 heavy (non-hydrogen) atoms. The molecular formula is C22H39NO5S. The second kappa shape index (κ2) is 15.0. The van der Waals surface area contributed by atoms with Gasteiger partial charge in [-0.1, -0.05) is 62.8 Å². The highest BCUT2D eigenvalue weighted by atomic mass is 32.2. The number of carbonyl (C=O) groups is 2. The molecule has 0 amide bonds. The van der Waals surface area contributed by atoms with Crippen molar-refractivity contribution < 1.29 is 24.2 Å². The Hall–Kier alpha value is -0.890. The molecule has 3 unspecified atom stereocenters. The van der Waals surface area contributed by atoms with Crippen molar-refractivity contribution in [1.29, 1.82) is 0 Å². The van der Waals surface area contributed by atoms with Crippen LogP contribution in [0.1, 0.15) is 78.1 Å². The van der Waals surface area contributed by atoms with Crippen LogP contribution < -0.4 is 5.32 Å². The zero-order valence-corrected chi connectivity index (χ0v) is 19.1. The van der Waals surface area contributed by atoms with E-state index in [2.05, 4.69) is 12.2 Å². The van der Waals surface area contributed by atoms with Crippen molar-refractivity contribution in [2.75, 3.05) is 19.4 Å². The SMILES string of the molecule is CCCCCCCCC/C(C)=C\C(=O)OC1CCOC(O)(C(CSC=O)NC)C1. The van der Waals surface area contributed by atoms with Gasteiger partial charge in [-0.05, 0) is 26.8 Å². The van der Waals surface area contributed by atoms with Crippen molar-refractivity contribution in [3.63, 3.8) is 0 Å². The quantitative estimate of drug-likeness (QED) is 0.176. The number of thioether (sulfide) groups is 1. The average Bonchev–Trinajstić information content (AvgIpc) is 2.67. The number of rotatable bonds is 15. The molecule has 2 N–H and O–H groups in total. The lowest BCUT2D eigenvalue weighted by atomic mass is 9.96. The third kappa shape index (κ3) is 10.6. The first-order valence-electron chi connectivity index (χ1n) is 10.9. The maximum absolute atomic E-state index is 12.3. The van der Waals surface area contributed by atoms with Crippen LogP contribution >= 0.6 is 11.8 Å².